The summed E-state index contributed by atoms with van der Waals surface area (Å²) in [7, 11) is 1.97. The fourth-order valence-electron chi connectivity index (χ4n) is 0.799. The van der Waals surface area contributed by atoms with Crippen molar-refractivity contribution in [1.82, 2.24) is 4.90 Å². The first-order valence-electron chi connectivity index (χ1n) is 3.99. The third-order valence-corrected chi connectivity index (χ3v) is 2.07. The minimum absolute atomic E-state index is 0.0169. The summed E-state index contributed by atoms with van der Waals surface area (Å²) in [6, 6.07) is 0. The molecule has 0 aromatic rings. The van der Waals surface area contributed by atoms with Crippen LogP contribution in [0.25, 0.3) is 0 Å². The first-order chi connectivity index (χ1) is 4.90. The summed E-state index contributed by atoms with van der Waals surface area (Å²) in [5.41, 5.74) is 5.54. The maximum atomic E-state index is 9.10. The fraction of sp³-hybridized carbons (Fsp3) is 1.00. The Hall–Kier alpha value is -0.120. The maximum absolute atomic E-state index is 9.10. The van der Waals surface area contributed by atoms with Crippen LogP contribution in [0.1, 0.15) is 20.8 Å². The van der Waals surface area contributed by atoms with E-state index in [-0.39, 0.29) is 11.6 Å². The number of β-amino-alcohol motifs (C(OH)–C–C–N with tert-alkyl or cyclic N) is 1. The van der Waals surface area contributed by atoms with Crippen molar-refractivity contribution >= 4 is 0 Å². The van der Waals surface area contributed by atoms with E-state index in [1.165, 1.54) is 0 Å². The minimum Gasteiger partial charge on any atom is -0.392 e. The Morgan fingerprint density at radius 2 is 2.00 bits per heavy atom. The second-order valence-electron chi connectivity index (χ2n) is 3.75. The van der Waals surface area contributed by atoms with Crippen molar-refractivity contribution in [3.8, 4) is 0 Å². The number of hydrogen-bond acceptors (Lipinski definition) is 3. The molecule has 1 unspecified atom stereocenters. The van der Waals surface area contributed by atoms with Gasteiger partial charge in [0.2, 0.25) is 0 Å². The van der Waals surface area contributed by atoms with Gasteiger partial charge < -0.3 is 10.8 Å². The topological polar surface area (TPSA) is 49.5 Å². The lowest BCUT2D eigenvalue weighted by Crippen LogP contribution is -2.49. The van der Waals surface area contributed by atoms with E-state index < -0.39 is 0 Å². The Bertz CT molecular complexity index is 113. The summed E-state index contributed by atoms with van der Waals surface area (Å²) in [5.74, 6) is 0. The van der Waals surface area contributed by atoms with Gasteiger partial charge in [0.05, 0.1) is 6.10 Å². The molecule has 3 N–H and O–H groups in total. The third-order valence-electron chi connectivity index (χ3n) is 2.07. The van der Waals surface area contributed by atoms with Crippen LogP contribution in [0.4, 0.5) is 0 Å². The first-order valence-corrected chi connectivity index (χ1v) is 3.99. The van der Waals surface area contributed by atoms with Crippen molar-refractivity contribution in [1.29, 1.82) is 0 Å². The lowest BCUT2D eigenvalue weighted by Gasteiger charge is -2.35. The van der Waals surface area contributed by atoms with Gasteiger partial charge in [-0.1, -0.05) is 0 Å². The van der Waals surface area contributed by atoms with Gasteiger partial charge in [0, 0.05) is 18.6 Å². The Labute approximate surface area is 69.2 Å². The fourth-order valence-corrected chi connectivity index (χ4v) is 0.799. The van der Waals surface area contributed by atoms with Crippen molar-refractivity contribution in [3.05, 3.63) is 0 Å². The van der Waals surface area contributed by atoms with Crippen LogP contribution in [0.2, 0.25) is 0 Å². The average Bonchev–Trinajstić information content (AvgIpc) is 1.86. The molecule has 0 aromatic carbocycles. The van der Waals surface area contributed by atoms with E-state index in [4.69, 9.17) is 10.8 Å². The van der Waals surface area contributed by atoms with Crippen LogP contribution < -0.4 is 5.73 Å². The SMILES string of the molecule is CC(O)CN(C)C(C)(C)CN. The molecule has 0 aliphatic heterocycles. The van der Waals surface area contributed by atoms with Gasteiger partial charge in [-0.2, -0.15) is 0 Å². The van der Waals surface area contributed by atoms with Crippen molar-refractivity contribution in [3.63, 3.8) is 0 Å². The molecule has 0 saturated heterocycles. The van der Waals surface area contributed by atoms with E-state index in [0.717, 1.165) is 0 Å². The molecule has 0 saturated carbocycles. The van der Waals surface area contributed by atoms with Gasteiger partial charge in [-0.05, 0) is 27.8 Å². The zero-order valence-corrected chi connectivity index (χ0v) is 7.96. The normalized spacial score (nSPS) is 15.5. The van der Waals surface area contributed by atoms with Gasteiger partial charge in [0.1, 0.15) is 0 Å². The standard InChI is InChI=1S/C8H20N2O/c1-7(11)5-10(4)8(2,3)6-9/h7,11H,5-6,9H2,1-4H3. The Balaban J connectivity index is 3.90. The smallest absolute Gasteiger partial charge is 0.0639 e. The number of aliphatic hydroxyl groups excluding tert-OH is 1. The van der Waals surface area contributed by atoms with Crippen molar-refractivity contribution < 1.29 is 5.11 Å². The molecule has 0 heterocycles. The molecular weight excluding hydrogens is 140 g/mol. The highest BCUT2D eigenvalue weighted by Crippen LogP contribution is 2.09. The third kappa shape index (κ3) is 3.70. The minimum atomic E-state index is -0.286. The summed E-state index contributed by atoms with van der Waals surface area (Å²) in [6.07, 6.45) is -0.286. The molecule has 1 atom stereocenters. The number of hydrogen-bond donors (Lipinski definition) is 2. The van der Waals surface area contributed by atoms with Crippen LogP contribution in [0.3, 0.4) is 0 Å². The van der Waals surface area contributed by atoms with Crippen LogP contribution in [0.15, 0.2) is 0 Å². The molecule has 0 amide bonds. The van der Waals surface area contributed by atoms with Crippen molar-refractivity contribution in [2.75, 3.05) is 20.1 Å². The van der Waals surface area contributed by atoms with E-state index in [0.29, 0.717) is 13.1 Å². The molecule has 0 bridgehead atoms. The van der Waals surface area contributed by atoms with Crippen LogP contribution in [-0.4, -0.2) is 41.8 Å². The van der Waals surface area contributed by atoms with E-state index >= 15 is 0 Å². The molecular formula is C8H20N2O. The second-order valence-corrected chi connectivity index (χ2v) is 3.75. The van der Waals surface area contributed by atoms with Crippen molar-refractivity contribution in [2.24, 2.45) is 5.73 Å². The zero-order valence-electron chi connectivity index (χ0n) is 7.96. The monoisotopic (exact) mass is 160 g/mol. The van der Waals surface area contributed by atoms with Crippen LogP contribution in [-0.2, 0) is 0 Å². The quantitative estimate of drug-likeness (QED) is 0.610. The summed E-state index contributed by atoms with van der Waals surface area (Å²) < 4.78 is 0. The molecule has 0 rings (SSSR count). The van der Waals surface area contributed by atoms with Gasteiger partial charge in [0.25, 0.3) is 0 Å². The van der Waals surface area contributed by atoms with Gasteiger partial charge in [-0.15, -0.1) is 0 Å². The molecule has 11 heavy (non-hydrogen) atoms. The molecule has 0 spiro atoms. The number of aliphatic hydroxyl groups is 1. The number of nitrogens with zero attached hydrogens (tertiary/aromatic N) is 1. The predicted molar refractivity (Wildman–Crippen MR) is 47.4 cm³/mol. The molecule has 3 nitrogen and oxygen atoms in total. The number of nitrogens with two attached hydrogens (primary N) is 1. The van der Waals surface area contributed by atoms with E-state index in [2.05, 4.69) is 18.7 Å². The zero-order chi connectivity index (χ0) is 9.07. The van der Waals surface area contributed by atoms with Gasteiger partial charge in [-0.3, -0.25) is 4.90 Å². The molecule has 0 fully saturated rings. The Morgan fingerprint density at radius 1 is 1.55 bits per heavy atom. The highest BCUT2D eigenvalue weighted by molar-refractivity contribution is 4.80. The molecule has 68 valence electrons. The summed E-state index contributed by atoms with van der Waals surface area (Å²) in [6.45, 7) is 7.19. The maximum Gasteiger partial charge on any atom is 0.0639 e. The molecule has 0 aromatic heterocycles. The second kappa shape index (κ2) is 4.04. The molecule has 3 heteroatoms. The number of likely N-dealkylation sites (N-methyl/N-ethyl adjacent to an activating group) is 1. The first kappa shape index (κ1) is 10.9. The molecule has 0 aliphatic rings. The average molecular weight is 160 g/mol. The van der Waals surface area contributed by atoms with Gasteiger partial charge in [0.15, 0.2) is 0 Å². The summed E-state index contributed by atoms with van der Waals surface area (Å²) >= 11 is 0. The Kier molecular flexibility index (Phi) is 4.00. The lowest BCUT2D eigenvalue weighted by atomic mass is 10.0. The van der Waals surface area contributed by atoms with Gasteiger partial charge in [-0.25, -0.2) is 0 Å². The highest BCUT2D eigenvalue weighted by Gasteiger charge is 2.21. The summed E-state index contributed by atoms with van der Waals surface area (Å²) in [4.78, 5) is 2.07. The van der Waals surface area contributed by atoms with Gasteiger partial charge >= 0.3 is 0 Å². The van der Waals surface area contributed by atoms with Crippen LogP contribution in [0, 0.1) is 0 Å². The van der Waals surface area contributed by atoms with Crippen molar-refractivity contribution in [2.45, 2.75) is 32.4 Å². The van der Waals surface area contributed by atoms with Crippen LogP contribution >= 0.6 is 0 Å². The highest BCUT2D eigenvalue weighted by atomic mass is 16.3. The largest absolute Gasteiger partial charge is 0.392 e. The Morgan fingerprint density at radius 3 is 2.27 bits per heavy atom. The molecule has 0 aliphatic carbocycles. The predicted octanol–water partition coefficient (Wildman–Crippen LogP) is 0.0363. The number of rotatable bonds is 4. The van der Waals surface area contributed by atoms with E-state index in [1.54, 1.807) is 6.92 Å². The van der Waals surface area contributed by atoms with E-state index in [1.807, 2.05) is 7.05 Å². The van der Waals surface area contributed by atoms with Crippen LogP contribution in [0.5, 0.6) is 0 Å². The molecule has 0 radical (unpaired) electrons. The lowest BCUT2D eigenvalue weighted by molar-refractivity contribution is 0.0845. The van der Waals surface area contributed by atoms with E-state index in [9.17, 15) is 0 Å². The summed E-state index contributed by atoms with van der Waals surface area (Å²) in [5, 5.41) is 9.10.